The summed E-state index contributed by atoms with van der Waals surface area (Å²) >= 11 is 1.70. The van der Waals surface area contributed by atoms with E-state index in [1.807, 2.05) is 16.9 Å². The molecule has 0 atom stereocenters. The van der Waals surface area contributed by atoms with Crippen LogP contribution in [0.5, 0.6) is 0 Å². The molecule has 0 spiro atoms. The van der Waals surface area contributed by atoms with Gasteiger partial charge in [0.05, 0.1) is 12.2 Å². The monoisotopic (exact) mass is 207 g/mol. The molecular formula is C10H13N3S. The van der Waals surface area contributed by atoms with E-state index in [0.29, 0.717) is 0 Å². The molecule has 0 aromatic carbocycles. The van der Waals surface area contributed by atoms with Crippen LogP contribution in [0.15, 0.2) is 29.1 Å². The number of thiophene rings is 1. The lowest BCUT2D eigenvalue weighted by Crippen LogP contribution is -2.07. The van der Waals surface area contributed by atoms with Crippen LogP contribution in [0.1, 0.15) is 12.6 Å². The van der Waals surface area contributed by atoms with Crippen LogP contribution >= 0.6 is 11.3 Å². The fraction of sp³-hybridized carbons (Fsp3) is 0.300. The van der Waals surface area contributed by atoms with Gasteiger partial charge >= 0.3 is 0 Å². The third-order valence-electron chi connectivity index (χ3n) is 2.10. The van der Waals surface area contributed by atoms with Gasteiger partial charge < -0.3 is 5.32 Å². The third-order valence-corrected chi connectivity index (χ3v) is 2.78. The molecule has 0 saturated carbocycles. The highest BCUT2D eigenvalue weighted by atomic mass is 32.1. The van der Waals surface area contributed by atoms with Crippen molar-refractivity contribution >= 4 is 17.0 Å². The van der Waals surface area contributed by atoms with Crippen LogP contribution in [0.4, 0.5) is 5.69 Å². The summed E-state index contributed by atoms with van der Waals surface area (Å²) < 4.78 is 2.00. The minimum atomic E-state index is 0.838. The fourth-order valence-electron chi connectivity index (χ4n) is 1.35. The molecule has 0 amide bonds. The van der Waals surface area contributed by atoms with Crippen LogP contribution in [-0.4, -0.2) is 9.78 Å². The molecular weight excluding hydrogens is 194 g/mol. The molecule has 2 heterocycles. The second-order valence-corrected chi connectivity index (χ2v) is 3.78. The third kappa shape index (κ3) is 1.96. The Kier molecular flexibility index (Phi) is 2.84. The molecule has 0 radical (unpaired) electrons. The lowest BCUT2D eigenvalue weighted by atomic mass is 10.4. The quantitative estimate of drug-likeness (QED) is 0.835. The average molecular weight is 207 g/mol. The predicted molar refractivity (Wildman–Crippen MR) is 59.5 cm³/mol. The highest BCUT2D eigenvalue weighted by Crippen LogP contribution is 2.13. The van der Waals surface area contributed by atoms with Gasteiger partial charge in [-0.2, -0.15) is 16.4 Å². The van der Waals surface area contributed by atoms with Crippen molar-refractivity contribution in [2.75, 3.05) is 5.32 Å². The van der Waals surface area contributed by atoms with E-state index in [2.05, 4.69) is 34.2 Å². The Morgan fingerprint density at radius 2 is 2.43 bits per heavy atom. The molecule has 0 saturated heterocycles. The first-order chi connectivity index (χ1) is 6.90. The molecule has 2 rings (SSSR count). The van der Waals surface area contributed by atoms with Crippen molar-refractivity contribution in [1.29, 1.82) is 0 Å². The molecule has 0 aliphatic carbocycles. The lowest BCUT2D eigenvalue weighted by molar-refractivity contribution is 0.627. The summed E-state index contributed by atoms with van der Waals surface area (Å²) in [5.41, 5.74) is 2.40. The summed E-state index contributed by atoms with van der Waals surface area (Å²) in [5.74, 6) is 0. The van der Waals surface area contributed by atoms with Crippen LogP contribution in [0.2, 0.25) is 0 Å². The molecule has 1 N–H and O–H groups in total. The van der Waals surface area contributed by atoms with Crippen LogP contribution in [0.25, 0.3) is 0 Å². The van der Waals surface area contributed by atoms with Gasteiger partial charge in [-0.3, -0.25) is 4.68 Å². The van der Waals surface area contributed by atoms with Crippen LogP contribution in [0.3, 0.4) is 0 Å². The Bertz CT molecular complexity index is 378. The number of anilines is 1. The van der Waals surface area contributed by atoms with E-state index in [4.69, 9.17) is 0 Å². The van der Waals surface area contributed by atoms with Crippen molar-refractivity contribution in [3.63, 3.8) is 0 Å². The van der Waals surface area contributed by atoms with Gasteiger partial charge in [0.25, 0.3) is 0 Å². The fourth-order valence-corrected chi connectivity index (χ4v) is 1.96. The van der Waals surface area contributed by atoms with Crippen molar-refractivity contribution in [1.82, 2.24) is 9.78 Å². The lowest BCUT2D eigenvalue weighted by Gasteiger charge is -2.05. The number of aromatic nitrogens is 2. The molecule has 0 unspecified atom stereocenters. The van der Waals surface area contributed by atoms with Crippen LogP contribution < -0.4 is 5.32 Å². The molecule has 3 nitrogen and oxygen atoms in total. The van der Waals surface area contributed by atoms with Gasteiger partial charge in [0.15, 0.2) is 0 Å². The van der Waals surface area contributed by atoms with Crippen molar-refractivity contribution in [3.8, 4) is 0 Å². The van der Waals surface area contributed by atoms with Gasteiger partial charge in [-0.25, -0.2) is 0 Å². The zero-order chi connectivity index (χ0) is 9.80. The maximum absolute atomic E-state index is 4.21. The highest BCUT2D eigenvalue weighted by molar-refractivity contribution is 7.08. The molecule has 0 aliphatic heterocycles. The highest BCUT2D eigenvalue weighted by Gasteiger charge is 1.99. The maximum atomic E-state index is 4.21. The average Bonchev–Trinajstić information content (AvgIpc) is 2.85. The normalized spacial score (nSPS) is 10.4. The first-order valence-corrected chi connectivity index (χ1v) is 5.61. The van der Waals surface area contributed by atoms with E-state index >= 15 is 0 Å². The second-order valence-electron chi connectivity index (χ2n) is 3.00. The smallest absolute Gasteiger partial charge is 0.0575 e. The first kappa shape index (κ1) is 9.27. The maximum Gasteiger partial charge on any atom is 0.0575 e. The number of hydrogen-bond donors (Lipinski definition) is 1. The van der Waals surface area contributed by atoms with Crippen molar-refractivity contribution in [3.05, 3.63) is 34.8 Å². The number of hydrogen-bond acceptors (Lipinski definition) is 3. The SMILES string of the molecule is CCn1nccc1CNc1ccsc1. The Hall–Kier alpha value is -1.29. The van der Waals surface area contributed by atoms with Gasteiger partial charge in [0.1, 0.15) is 0 Å². The minimum absolute atomic E-state index is 0.838. The van der Waals surface area contributed by atoms with E-state index < -0.39 is 0 Å². The van der Waals surface area contributed by atoms with Gasteiger partial charge in [0.2, 0.25) is 0 Å². The molecule has 0 bridgehead atoms. The summed E-state index contributed by atoms with van der Waals surface area (Å²) in [5, 5.41) is 11.7. The van der Waals surface area contributed by atoms with Gasteiger partial charge in [-0.05, 0) is 24.4 Å². The summed E-state index contributed by atoms with van der Waals surface area (Å²) in [6, 6.07) is 4.13. The summed E-state index contributed by atoms with van der Waals surface area (Å²) in [6.45, 7) is 3.86. The largest absolute Gasteiger partial charge is 0.379 e. The predicted octanol–water partition coefficient (Wildman–Crippen LogP) is 2.58. The van der Waals surface area contributed by atoms with Crippen molar-refractivity contribution in [2.24, 2.45) is 0 Å². The molecule has 74 valence electrons. The number of rotatable bonds is 4. The van der Waals surface area contributed by atoms with E-state index in [9.17, 15) is 0 Å². The van der Waals surface area contributed by atoms with Gasteiger partial charge in [-0.1, -0.05) is 0 Å². The zero-order valence-corrected chi connectivity index (χ0v) is 8.92. The minimum Gasteiger partial charge on any atom is -0.379 e. The number of aryl methyl sites for hydroxylation is 1. The molecule has 0 fully saturated rings. The van der Waals surface area contributed by atoms with Gasteiger partial charge in [0, 0.05) is 23.8 Å². The summed E-state index contributed by atoms with van der Waals surface area (Å²) in [7, 11) is 0. The Balaban J connectivity index is 1.98. The van der Waals surface area contributed by atoms with Crippen molar-refractivity contribution < 1.29 is 0 Å². The summed E-state index contributed by atoms with van der Waals surface area (Å²) in [4.78, 5) is 0. The van der Waals surface area contributed by atoms with E-state index in [-0.39, 0.29) is 0 Å². The molecule has 4 heteroatoms. The second kappa shape index (κ2) is 4.28. The number of nitrogens with one attached hydrogen (secondary N) is 1. The van der Waals surface area contributed by atoms with Crippen LogP contribution in [-0.2, 0) is 13.1 Å². The Morgan fingerprint density at radius 3 is 3.14 bits per heavy atom. The zero-order valence-electron chi connectivity index (χ0n) is 8.10. The topological polar surface area (TPSA) is 29.9 Å². The van der Waals surface area contributed by atoms with Crippen molar-refractivity contribution in [2.45, 2.75) is 20.0 Å². The van der Waals surface area contributed by atoms with Crippen LogP contribution in [0, 0.1) is 0 Å². The molecule has 0 aliphatic rings. The van der Waals surface area contributed by atoms with E-state index in [1.54, 1.807) is 11.3 Å². The number of nitrogens with zero attached hydrogens (tertiary/aromatic N) is 2. The molecule has 2 aromatic heterocycles. The van der Waals surface area contributed by atoms with E-state index in [0.717, 1.165) is 13.1 Å². The molecule has 14 heavy (non-hydrogen) atoms. The molecule has 2 aromatic rings. The standard InChI is InChI=1S/C10H13N3S/c1-2-13-10(3-5-12-13)7-11-9-4-6-14-8-9/h3-6,8,11H,2,7H2,1H3. The summed E-state index contributed by atoms with van der Waals surface area (Å²) in [6.07, 6.45) is 1.84. The Morgan fingerprint density at radius 1 is 1.50 bits per heavy atom. The van der Waals surface area contributed by atoms with E-state index in [1.165, 1.54) is 11.4 Å². The van der Waals surface area contributed by atoms with Gasteiger partial charge in [-0.15, -0.1) is 0 Å². The first-order valence-electron chi connectivity index (χ1n) is 4.67. The Labute approximate surface area is 87.4 Å².